The number of nitrogens with two attached hydrogens (primary N) is 2. The van der Waals surface area contributed by atoms with Gasteiger partial charge in [-0.05, 0) is 20.8 Å². The summed E-state index contributed by atoms with van der Waals surface area (Å²) in [6, 6.07) is 0. The molecule has 0 rings (SSSR count). The molecule has 0 heterocycles. The molecule has 6 nitrogen and oxygen atoms in total. The summed E-state index contributed by atoms with van der Waals surface area (Å²) in [7, 11) is 0. The molecule has 0 saturated carbocycles. The van der Waals surface area contributed by atoms with Crippen molar-refractivity contribution in [2.24, 2.45) is 11.5 Å². The number of ether oxygens (including phenoxy) is 1. The number of carbonyl (C=O) groups excluding carboxylic acids is 1. The van der Waals surface area contributed by atoms with Crippen molar-refractivity contribution in [2.75, 3.05) is 0 Å². The molecule has 0 aromatic rings. The molecule has 0 aliphatic carbocycles. The summed E-state index contributed by atoms with van der Waals surface area (Å²) in [6.07, 6.45) is 0. The third kappa shape index (κ3) is 59.2. The first-order valence-electron chi connectivity index (χ1n) is 3.44. The first-order chi connectivity index (χ1) is 5.15. The fraction of sp³-hybridized carbons (Fsp3) is 0.714. The molecule has 13 heavy (non-hydrogen) atoms. The Morgan fingerprint density at radius 1 is 1.31 bits per heavy atom. The van der Waals surface area contributed by atoms with Crippen molar-refractivity contribution >= 4 is 11.9 Å². The lowest BCUT2D eigenvalue weighted by Crippen LogP contribution is -2.21. The van der Waals surface area contributed by atoms with Crippen molar-refractivity contribution in [1.82, 2.24) is 0 Å². The molecular formula is C7H19N3O3. The monoisotopic (exact) mass is 193 g/mol. The van der Waals surface area contributed by atoms with Crippen LogP contribution < -0.4 is 11.5 Å². The van der Waals surface area contributed by atoms with Gasteiger partial charge in [0.15, 0.2) is 5.96 Å². The second kappa shape index (κ2) is 7.35. The summed E-state index contributed by atoms with van der Waals surface area (Å²) >= 11 is 0. The van der Waals surface area contributed by atoms with Crippen molar-refractivity contribution in [1.29, 1.82) is 5.41 Å². The molecule has 0 saturated heterocycles. The first kappa shape index (κ1) is 17.7. The van der Waals surface area contributed by atoms with E-state index in [0.29, 0.717) is 0 Å². The van der Waals surface area contributed by atoms with Crippen LogP contribution in [0.4, 0.5) is 0 Å². The van der Waals surface area contributed by atoms with Crippen LogP contribution >= 0.6 is 0 Å². The van der Waals surface area contributed by atoms with Crippen LogP contribution in [0.2, 0.25) is 0 Å². The maximum atomic E-state index is 10.2. The Hall–Kier alpha value is -1.30. The Kier molecular flexibility index (Phi) is 10.0. The number of hydrogen-bond acceptors (Lipinski definition) is 3. The lowest BCUT2D eigenvalue weighted by atomic mass is 10.2. The van der Waals surface area contributed by atoms with Crippen molar-refractivity contribution in [3.63, 3.8) is 0 Å². The minimum Gasteiger partial charge on any atom is -0.460 e. The van der Waals surface area contributed by atoms with Crippen LogP contribution in [0.25, 0.3) is 0 Å². The van der Waals surface area contributed by atoms with Gasteiger partial charge in [0.2, 0.25) is 0 Å². The van der Waals surface area contributed by atoms with E-state index in [1.165, 1.54) is 6.92 Å². The van der Waals surface area contributed by atoms with E-state index in [4.69, 9.17) is 10.1 Å². The molecule has 0 bridgehead atoms. The highest BCUT2D eigenvalue weighted by atomic mass is 16.6. The first-order valence-corrected chi connectivity index (χ1v) is 3.44. The summed E-state index contributed by atoms with van der Waals surface area (Å²) in [4.78, 5) is 10.2. The molecule has 0 fully saturated rings. The van der Waals surface area contributed by atoms with E-state index in [2.05, 4.69) is 11.5 Å². The predicted molar refractivity (Wildman–Crippen MR) is 51.2 cm³/mol. The average molecular weight is 193 g/mol. The van der Waals surface area contributed by atoms with Crippen LogP contribution in [-0.4, -0.2) is 23.0 Å². The summed E-state index contributed by atoms with van der Waals surface area (Å²) in [6.45, 7) is 6.93. The Morgan fingerprint density at radius 2 is 1.54 bits per heavy atom. The third-order valence-electron chi connectivity index (χ3n) is 0.450. The van der Waals surface area contributed by atoms with E-state index in [-0.39, 0.29) is 23.0 Å². The minimum absolute atomic E-state index is 0. The van der Waals surface area contributed by atoms with Gasteiger partial charge in [0.25, 0.3) is 0 Å². The molecule has 0 aliphatic heterocycles. The van der Waals surface area contributed by atoms with Crippen molar-refractivity contribution in [3.05, 3.63) is 0 Å². The standard InChI is InChI=1S/C6H12O2.CH5N3.H2O/c1-5(7)8-6(2,3)4;2-1(3)4;/h1-4H3;(H5,2,3,4);1H2. The van der Waals surface area contributed by atoms with Gasteiger partial charge in [0.05, 0.1) is 0 Å². The van der Waals surface area contributed by atoms with Crippen molar-refractivity contribution < 1.29 is 15.0 Å². The van der Waals surface area contributed by atoms with Gasteiger partial charge < -0.3 is 21.7 Å². The fourth-order valence-electron chi connectivity index (χ4n) is 0.431. The maximum Gasteiger partial charge on any atom is 0.303 e. The SMILES string of the molecule is CC(=O)OC(C)(C)C.N=C(N)N.O. The zero-order valence-electron chi connectivity index (χ0n) is 8.47. The number of hydrogen-bond donors (Lipinski definition) is 3. The smallest absolute Gasteiger partial charge is 0.303 e. The highest BCUT2D eigenvalue weighted by Crippen LogP contribution is 2.05. The number of guanidine groups is 1. The fourth-order valence-corrected chi connectivity index (χ4v) is 0.431. The largest absolute Gasteiger partial charge is 0.460 e. The van der Waals surface area contributed by atoms with E-state index >= 15 is 0 Å². The van der Waals surface area contributed by atoms with Gasteiger partial charge in [-0.3, -0.25) is 10.2 Å². The van der Waals surface area contributed by atoms with Crippen LogP contribution in [0, 0.1) is 5.41 Å². The summed E-state index contributed by atoms with van der Waals surface area (Å²) < 4.78 is 4.80. The zero-order valence-corrected chi connectivity index (χ0v) is 8.47. The molecule has 0 spiro atoms. The van der Waals surface area contributed by atoms with Crippen molar-refractivity contribution in [2.45, 2.75) is 33.3 Å². The van der Waals surface area contributed by atoms with Crippen LogP contribution in [0.15, 0.2) is 0 Å². The lowest BCUT2D eigenvalue weighted by molar-refractivity contribution is -0.151. The second-order valence-corrected chi connectivity index (χ2v) is 3.16. The maximum absolute atomic E-state index is 10.2. The normalized spacial score (nSPS) is 8.62. The van der Waals surface area contributed by atoms with Gasteiger partial charge in [0.1, 0.15) is 5.60 Å². The highest BCUT2D eigenvalue weighted by molar-refractivity contribution is 5.71. The van der Waals surface area contributed by atoms with Gasteiger partial charge >= 0.3 is 5.97 Å². The summed E-state index contributed by atoms with van der Waals surface area (Å²) in [5, 5.41) is 6.06. The Labute approximate surface area is 78.1 Å². The van der Waals surface area contributed by atoms with E-state index in [1.54, 1.807) is 0 Å². The highest BCUT2D eigenvalue weighted by Gasteiger charge is 2.11. The lowest BCUT2D eigenvalue weighted by Gasteiger charge is -2.17. The third-order valence-corrected chi connectivity index (χ3v) is 0.450. The van der Waals surface area contributed by atoms with Crippen LogP contribution in [0.3, 0.4) is 0 Å². The molecule has 80 valence electrons. The summed E-state index contributed by atoms with van der Waals surface area (Å²) in [5.41, 5.74) is 8.62. The van der Waals surface area contributed by atoms with Crippen LogP contribution in [-0.2, 0) is 9.53 Å². The molecule has 0 atom stereocenters. The van der Waals surface area contributed by atoms with Gasteiger partial charge in [-0.1, -0.05) is 0 Å². The number of carbonyl (C=O) groups is 1. The zero-order chi connectivity index (χ0) is 10.4. The van der Waals surface area contributed by atoms with E-state index in [9.17, 15) is 4.79 Å². The Morgan fingerprint density at radius 3 is 1.54 bits per heavy atom. The van der Waals surface area contributed by atoms with Gasteiger partial charge in [-0.25, -0.2) is 0 Å². The average Bonchev–Trinajstić information content (AvgIpc) is 1.52. The quantitative estimate of drug-likeness (QED) is 0.268. The van der Waals surface area contributed by atoms with E-state index < -0.39 is 0 Å². The molecule has 7 N–H and O–H groups in total. The number of esters is 1. The number of nitrogens with one attached hydrogen (secondary N) is 1. The minimum atomic E-state index is -0.333. The predicted octanol–water partition coefficient (Wildman–Crippen LogP) is -0.638. The van der Waals surface area contributed by atoms with Crippen molar-refractivity contribution in [3.8, 4) is 0 Å². The molecular weight excluding hydrogens is 174 g/mol. The van der Waals surface area contributed by atoms with Gasteiger partial charge in [0, 0.05) is 6.92 Å². The molecule has 0 unspecified atom stereocenters. The molecule has 0 radical (unpaired) electrons. The van der Waals surface area contributed by atoms with Crippen LogP contribution in [0.1, 0.15) is 27.7 Å². The van der Waals surface area contributed by atoms with Crippen LogP contribution in [0.5, 0.6) is 0 Å². The topological polar surface area (TPSA) is 134 Å². The molecule has 0 aromatic heterocycles. The van der Waals surface area contributed by atoms with E-state index in [0.717, 1.165) is 0 Å². The van der Waals surface area contributed by atoms with Gasteiger partial charge in [-0.2, -0.15) is 0 Å². The molecule has 0 amide bonds. The molecule has 0 aromatic carbocycles. The summed E-state index contributed by atoms with van der Waals surface area (Å²) in [5.74, 6) is -0.558. The molecule has 0 aliphatic rings. The van der Waals surface area contributed by atoms with E-state index in [1.807, 2.05) is 20.8 Å². The van der Waals surface area contributed by atoms with Gasteiger partial charge in [-0.15, -0.1) is 0 Å². The Bertz CT molecular complexity index is 159. The second-order valence-electron chi connectivity index (χ2n) is 3.16. The number of rotatable bonds is 0. The Balaban J connectivity index is -0.000000173. The molecule has 6 heteroatoms.